The highest BCUT2D eigenvalue weighted by molar-refractivity contribution is 6.31. The molecule has 6 nitrogen and oxygen atoms in total. The summed E-state index contributed by atoms with van der Waals surface area (Å²) in [6.07, 6.45) is -0.0286. The molecule has 1 heterocycles. The van der Waals surface area contributed by atoms with Crippen LogP contribution in [0.15, 0.2) is 66.7 Å². The molecule has 3 aromatic carbocycles. The van der Waals surface area contributed by atoms with Gasteiger partial charge in [-0.15, -0.1) is 0 Å². The number of nitrogens with one attached hydrogen (secondary N) is 1. The van der Waals surface area contributed by atoms with Crippen molar-refractivity contribution >= 4 is 35.1 Å². The van der Waals surface area contributed by atoms with Gasteiger partial charge >= 0.3 is 5.97 Å². The lowest BCUT2D eigenvalue weighted by molar-refractivity contribution is -0.120. The molecule has 8 heteroatoms. The van der Waals surface area contributed by atoms with E-state index in [1.54, 1.807) is 36.4 Å². The maximum atomic E-state index is 14.4. The molecule has 3 aromatic rings. The summed E-state index contributed by atoms with van der Waals surface area (Å²) in [5, 5.41) is 12.2. The zero-order valence-corrected chi connectivity index (χ0v) is 17.5. The number of carboxylic acid groups (broad SMARTS) is 1. The third-order valence-electron chi connectivity index (χ3n) is 5.33. The Balaban J connectivity index is 1.74. The summed E-state index contributed by atoms with van der Waals surface area (Å²) in [4.78, 5) is 39.1. The standard InChI is InChI=1S/C24H18ClFN2O4/c25-17-9-10-18-20(12-17)27-22(29)21(11-16-3-1-2-4-19(16)26)28(23(18)30)13-14-5-7-15(8-6-14)24(31)32/h1-10,12,21H,11,13H2,(H,27,29)(H,31,32). The monoisotopic (exact) mass is 452 g/mol. The normalized spacial score (nSPS) is 15.7. The van der Waals surface area contributed by atoms with Crippen molar-refractivity contribution in [1.29, 1.82) is 0 Å². The Morgan fingerprint density at radius 1 is 1.06 bits per heavy atom. The molecular weight excluding hydrogens is 435 g/mol. The molecule has 0 radical (unpaired) electrons. The molecule has 1 unspecified atom stereocenters. The number of carbonyl (C=O) groups is 3. The Bertz CT molecular complexity index is 1210. The van der Waals surface area contributed by atoms with Gasteiger partial charge in [0.25, 0.3) is 5.91 Å². The summed E-state index contributed by atoms with van der Waals surface area (Å²) in [6, 6.07) is 15.7. The lowest BCUT2D eigenvalue weighted by atomic mass is 10.0. The summed E-state index contributed by atoms with van der Waals surface area (Å²) < 4.78 is 14.4. The first-order valence-electron chi connectivity index (χ1n) is 9.80. The maximum Gasteiger partial charge on any atom is 0.335 e. The highest BCUT2D eigenvalue weighted by Gasteiger charge is 2.36. The van der Waals surface area contributed by atoms with Crippen molar-refractivity contribution < 1.29 is 23.9 Å². The minimum Gasteiger partial charge on any atom is -0.478 e. The van der Waals surface area contributed by atoms with E-state index in [-0.39, 0.29) is 29.8 Å². The number of hydrogen-bond donors (Lipinski definition) is 2. The van der Waals surface area contributed by atoms with Crippen molar-refractivity contribution in [3.63, 3.8) is 0 Å². The topological polar surface area (TPSA) is 86.7 Å². The van der Waals surface area contributed by atoms with Gasteiger partial charge in [-0.25, -0.2) is 9.18 Å². The van der Waals surface area contributed by atoms with Crippen LogP contribution in [0.3, 0.4) is 0 Å². The lowest BCUT2D eigenvalue weighted by Crippen LogP contribution is -2.46. The van der Waals surface area contributed by atoms with Crippen LogP contribution in [-0.4, -0.2) is 33.8 Å². The largest absolute Gasteiger partial charge is 0.478 e. The molecular formula is C24H18ClFN2O4. The van der Waals surface area contributed by atoms with E-state index < -0.39 is 29.6 Å². The van der Waals surface area contributed by atoms with E-state index in [1.165, 1.54) is 35.2 Å². The van der Waals surface area contributed by atoms with E-state index in [0.29, 0.717) is 16.1 Å². The number of amides is 2. The lowest BCUT2D eigenvalue weighted by Gasteiger charge is -2.29. The van der Waals surface area contributed by atoms with Crippen LogP contribution in [-0.2, 0) is 17.8 Å². The van der Waals surface area contributed by atoms with Gasteiger partial charge in [-0.3, -0.25) is 9.59 Å². The molecule has 0 aromatic heterocycles. The highest BCUT2D eigenvalue weighted by atomic mass is 35.5. The summed E-state index contributed by atoms with van der Waals surface area (Å²) in [7, 11) is 0. The van der Waals surface area contributed by atoms with Crippen LogP contribution in [0.2, 0.25) is 5.02 Å². The van der Waals surface area contributed by atoms with Gasteiger partial charge in [0.05, 0.1) is 16.8 Å². The molecule has 4 rings (SSSR count). The quantitative estimate of drug-likeness (QED) is 0.601. The number of fused-ring (bicyclic) bond motifs is 1. The van der Waals surface area contributed by atoms with Crippen LogP contribution < -0.4 is 5.32 Å². The fourth-order valence-electron chi connectivity index (χ4n) is 3.67. The number of carbonyl (C=O) groups excluding carboxylic acids is 2. The van der Waals surface area contributed by atoms with Gasteiger partial charge in [-0.2, -0.15) is 0 Å². The predicted molar refractivity (Wildman–Crippen MR) is 117 cm³/mol. The molecule has 0 saturated carbocycles. The minimum absolute atomic E-state index is 0.0286. The molecule has 2 N–H and O–H groups in total. The van der Waals surface area contributed by atoms with Crippen molar-refractivity contribution in [3.05, 3.63) is 99.8 Å². The second kappa shape index (κ2) is 8.80. The Labute approximate surface area is 188 Å². The molecule has 1 aliphatic heterocycles. The Morgan fingerprint density at radius 3 is 2.47 bits per heavy atom. The summed E-state index contributed by atoms with van der Waals surface area (Å²) >= 11 is 6.05. The number of carboxylic acids is 1. The summed E-state index contributed by atoms with van der Waals surface area (Å²) in [6.45, 7) is 0.0351. The molecule has 162 valence electrons. The predicted octanol–water partition coefficient (Wildman–Crippen LogP) is 4.38. The molecule has 0 bridgehead atoms. The smallest absolute Gasteiger partial charge is 0.335 e. The SMILES string of the molecule is O=C(O)c1ccc(CN2C(=O)c3ccc(Cl)cc3NC(=O)C2Cc2ccccc2F)cc1. The van der Waals surface area contributed by atoms with Crippen molar-refractivity contribution in [2.24, 2.45) is 0 Å². The first kappa shape index (κ1) is 21.5. The molecule has 1 atom stereocenters. The Hall–Kier alpha value is -3.71. The van der Waals surface area contributed by atoms with E-state index in [1.807, 2.05) is 0 Å². The van der Waals surface area contributed by atoms with Crippen LogP contribution in [0.5, 0.6) is 0 Å². The van der Waals surface area contributed by atoms with Crippen LogP contribution in [0, 0.1) is 5.82 Å². The Morgan fingerprint density at radius 2 is 1.78 bits per heavy atom. The zero-order chi connectivity index (χ0) is 22.8. The van der Waals surface area contributed by atoms with E-state index in [0.717, 1.165) is 0 Å². The molecule has 0 fully saturated rings. The summed E-state index contributed by atoms with van der Waals surface area (Å²) in [5.41, 5.74) is 1.59. The van der Waals surface area contributed by atoms with Crippen LogP contribution in [0.25, 0.3) is 0 Å². The number of halogens is 2. The van der Waals surface area contributed by atoms with E-state index in [2.05, 4.69) is 5.32 Å². The van der Waals surface area contributed by atoms with Crippen molar-refractivity contribution in [2.45, 2.75) is 19.0 Å². The average molecular weight is 453 g/mol. The molecule has 0 saturated heterocycles. The van der Waals surface area contributed by atoms with E-state index >= 15 is 0 Å². The number of hydrogen-bond acceptors (Lipinski definition) is 3. The van der Waals surface area contributed by atoms with Crippen LogP contribution in [0.4, 0.5) is 10.1 Å². The first-order valence-corrected chi connectivity index (χ1v) is 10.2. The number of benzene rings is 3. The molecule has 32 heavy (non-hydrogen) atoms. The van der Waals surface area contributed by atoms with Crippen molar-refractivity contribution in [3.8, 4) is 0 Å². The minimum atomic E-state index is -1.06. The van der Waals surface area contributed by atoms with Gasteiger partial charge in [0.15, 0.2) is 0 Å². The first-order chi connectivity index (χ1) is 15.3. The third-order valence-corrected chi connectivity index (χ3v) is 5.57. The van der Waals surface area contributed by atoms with Gasteiger partial charge in [0.2, 0.25) is 5.91 Å². The van der Waals surface area contributed by atoms with Crippen LogP contribution in [0.1, 0.15) is 31.8 Å². The zero-order valence-electron chi connectivity index (χ0n) is 16.7. The van der Waals surface area contributed by atoms with E-state index in [9.17, 15) is 18.8 Å². The van der Waals surface area contributed by atoms with Crippen LogP contribution >= 0.6 is 11.6 Å². The number of rotatable bonds is 5. The van der Waals surface area contributed by atoms with Gasteiger partial charge < -0.3 is 15.3 Å². The van der Waals surface area contributed by atoms with Crippen molar-refractivity contribution in [2.75, 3.05) is 5.32 Å². The van der Waals surface area contributed by atoms with Gasteiger partial charge in [-0.1, -0.05) is 41.9 Å². The number of anilines is 1. The average Bonchev–Trinajstić information content (AvgIpc) is 2.85. The second-order valence-corrected chi connectivity index (χ2v) is 7.86. The Kier molecular flexibility index (Phi) is 5.92. The molecule has 0 aliphatic carbocycles. The third kappa shape index (κ3) is 4.33. The van der Waals surface area contributed by atoms with Gasteiger partial charge in [-0.05, 0) is 47.5 Å². The van der Waals surface area contributed by atoms with Gasteiger partial charge in [0, 0.05) is 18.0 Å². The highest BCUT2D eigenvalue weighted by Crippen LogP contribution is 2.29. The molecule has 1 aliphatic rings. The number of aromatic carboxylic acids is 1. The fourth-order valence-corrected chi connectivity index (χ4v) is 3.84. The second-order valence-electron chi connectivity index (χ2n) is 7.43. The maximum absolute atomic E-state index is 14.4. The van der Waals surface area contributed by atoms with Gasteiger partial charge in [0.1, 0.15) is 11.9 Å². The fraction of sp³-hybridized carbons (Fsp3) is 0.125. The molecule has 2 amide bonds. The molecule has 0 spiro atoms. The van der Waals surface area contributed by atoms with Crippen molar-refractivity contribution in [1.82, 2.24) is 4.90 Å². The summed E-state index contributed by atoms with van der Waals surface area (Å²) in [5.74, 6) is -2.42. The van der Waals surface area contributed by atoms with E-state index in [4.69, 9.17) is 16.7 Å². The number of nitrogens with zero attached hydrogens (tertiary/aromatic N) is 1.